The fourth-order valence-corrected chi connectivity index (χ4v) is 1.72. The molecule has 74 valence electrons. The summed E-state index contributed by atoms with van der Waals surface area (Å²) in [4.78, 5) is 4.49. The Labute approximate surface area is 84.0 Å². The molecule has 0 saturated heterocycles. The van der Waals surface area contributed by atoms with E-state index in [0.29, 0.717) is 0 Å². The third kappa shape index (κ3) is 1.22. The van der Waals surface area contributed by atoms with Crippen LogP contribution in [0.25, 0.3) is 11.1 Å². The lowest BCUT2D eigenvalue weighted by Crippen LogP contribution is -1.85. The van der Waals surface area contributed by atoms with Gasteiger partial charge in [0.1, 0.15) is 5.52 Å². The molecule has 0 atom stereocenters. The molecule has 0 unspecified atom stereocenters. The molecule has 0 aliphatic heterocycles. The number of fused-ring (bicyclic) bond motifs is 1. The summed E-state index contributed by atoms with van der Waals surface area (Å²) in [6.07, 6.45) is 0.854. The zero-order chi connectivity index (χ0) is 10.3. The van der Waals surface area contributed by atoms with Gasteiger partial charge in [0.15, 0.2) is 11.5 Å². The molecule has 2 heteroatoms. The van der Waals surface area contributed by atoms with E-state index in [-0.39, 0.29) is 0 Å². The second-order valence-electron chi connectivity index (χ2n) is 3.77. The van der Waals surface area contributed by atoms with Crippen LogP contribution in [0.4, 0.5) is 0 Å². The summed E-state index contributed by atoms with van der Waals surface area (Å²) in [6.45, 7) is 8.34. The molecule has 0 spiro atoms. The van der Waals surface area contributed by atoms with Crippen molar-refractivity contribution in [3.8, 4) is 0 Å². The third-order valence-corrected chi connectivity index (χ3v) is 2.71. The predicted molar refractivity (Wildman–Crippen MR) is 57.6 cm³/mol. The van der Waals surface area contributed by atoms with E-state index < -0.39 is 0 Å². The van der Waals surface area contributed by atoms with E-state index >= 15 is 0 Å². The maximum Gasteiger partial charge on any atom is 0.195 e. The van der Waals surface area contributed by atoms with Gasteiger partial charge in [-0.2, -0.15) is 0 Å². The van der Waals surface area contributed by atoms with Crippen molar-refractivity contribution in [3.63, 3.8) is 0 Å². The van der Waals surface area contributed by atoms with Crippen LogP contribution < -0.4 is 0 Å². The van der Waals surface area contributed by atoms with Gasteiger partial charge in [0.2, 0.25) is 0 Å². The van der Waals surface area contributed by atoms with Crippen molar-refractivity contribution < 1.29 is 4.42 Å². The lowest BCUT2D eigenvalue weighted by atomic mass is 10.1. The summed E-state index contributed by atoms with van der Waals surface area (Å²) in [5.41, 5.74) is 5.67. The molecule has 2 aromatic rings. The normalized spacial score (nSPS) is 11.1. The third-order valence-electron chi connectivity index (χ3n) is 2.71. The molecule has 0 aliphatic carbocycles. The van der Waals surface area contributed by atoms with Gasteiger partial charge in [-0.05, 0) is 37.5 Å². The van der Waals surface area contributed by atoms with Crippen molar-refractivity contribution in [2.45, 2.75) is 34.1 Å². The van der Waals surface area contributed by atoms with E-state index in [0.717, 1.165) is 23.4 Å². The molecular formula is C12H15NO. The number of hydrogen-bond acceptors (Lipinski definition) is 2. The van der Waals surface area contributed by atoms with Crippen molar-refractivity contribution in [3.05, 3.63) is 28.6 Å². The molecule has 2 rings (SSSR count). The minimum absolute atomic E-state index is 0.830. The monoisotopic (exact) mass is 189 g/mol. The van der Waals surface area contributed by atoms with Gasteiger partial charge in [0.05, 0.1) is 0 Å². The molecule has 0 N–H and O–H groups in total. The van der Waals surface area contributed by atoms with Gasteiger partial charge in [-0.15, -0.1) is 0 Å². The smallest absolute Gasteiger partial charge is 0.195 e. The van der Waals surface area contributed by atoms with E-state index in [4.69, 9.17) is 4.42 Å². The van der Waals surface area contributed by atoms with E-state index in [1.54, 1.807) is 0 Å². The summed E-state index contributed by atoms with van der Waals surface area (Å²) in [5, 5.41) is 0. The molecule has 1 heterocycles. The van der Waals surface area contributed by atoms with Gasteiger partial charge in [-0.25, -0.2) is 4.98 Å². The van der Waals surface area contributed by atoms with Crippen molar-refractivity contribution in [1.82, 2.24) is 4.98 Å². The van der Waals surface area contributed by atoms with Gasteiger partial charge in [0, 0.05) is 6.42 Å². The largest absolute Gasteiger partial charge is 0.440 e. The number of benzene rings is 1. The summed E-state index contributed by atoms with van der Waals surface area (Å²) in [7, 11) is 0. The predicted octanol–water partition coefficient (Wildman–Crippen LogP) is 3.32. The first kappa shape index (κ1) is 9.25. The molecule has 0 aliphatic rings. The second kappa shape index (κ2) is 3.12. The molecule has 1 aromatic carbocycles. The molecule has 0 radical (unpaired) electrons. The highest BCUT2D eigenvalue weighted by Crippen LogP contribution is 2.25. The Balaban J connectivity index is 2.84. The molecule has 0 fully saturated rings. The molecule has 2 nitrogen and oxygen atoms in total. The molecule has 0 amide bonds. The average Bonchev–Trinajstić information content (AvgIpc) is 2.58. The molecule has 14 heavy (non-hydrogen) atoms. The Hall–Kier alpha value is -1.31. The van der Waals surface area contributed by atoms with Crippen molar-refractivity contribution in [2.24, 2.45) is 0 Å². The maximum absolute atomic E-state index is 5.67. The Morgan fingerprint density at radius 2 is 1.93 bits per heavy atom. The summed E-state index contributed by atoms with van der Waals surface area (Å²) >= 11 is 0. The van der Waals surface area contributed by atoms with Crippen LogP contribution in [0.1, 0.15) is 29.5 Å². The van der Waals surface area contributed by atoms with Gasteiger partial charge >= 0.3 is 0 Å². The van der Waals surface area contributed by atoms with Crippen LogP contribution in [-0.4, -0.2) is 4.98 Å². The summed E-state index contributed by atoms with van der Waals surface area (Å²) in [6, 6.07) is 2.16. The Kier molecular flexibility index (Phi) is 2.06. The highest BCUT2D eigenvalue weighted by atomic mass is 16.3. The molecule has 1 aromatic heterocycles. The van der Waals surface area contributed by atoms with Gasteiger partial charge < -0.3 is 4.42 Å². The topological polar surface area (TPSA) is 26.0 Å². The lowest BCUT2D eigenvalue weighted by Gasteiger charge is -2.01. The SMILES string of the molecule is CCc1nc2c(C)c(C)cc(C)c2o1. The minimum Gasteiger partial charge on any atom is -0.440 e. The number of nitrogens with zero attached hydrogens (tertiary/aromatic N) is 1. The standard InChI is InChI=1S/C12H15NO/c1-5-10-13-11-9(4)7(2)6-8(3)12(11)14-10/h6H,5H2,1-4H3. The molecular weight excluding hydrogens is 174 g/mol. The highest BCUT2D eigenvalue weighted by Gasteiger charge is 2.10. The van der Waals surface area contributed by atoms with Gasteiger partial charge in [-0.1, -0.05) is 13.0 Å². The number of hydrogen-bond donors (Lipinski definition) is 0. The van der Waals surface area contributed by atoms with Gasteiger partial charge in [0.25, 0.3) is 0 Å². The van der Waals surface area contributed by atoms with Crippen molar-refractivity contribution in [1.29, 1.82) is 0 Å². The number of oxazole rings is 1. The average molecular weight is 189 g/mol. The number of aromatic nitrogens is 1. The Morgan fingerprint density at radius 3 is 2.57 bits per heavy atom. The zero-order valence-corrected chi connectivity index (χ0v) is 9.14. The molecule has 0 saturated carbocycles. The first-order chi connectivity index (χ1) is 6.63. The Morgan fingerprint density at radius 1 is 1.21 bits per heavy atom. The van der Waals surface area contributed by atoms with Gasteiger partial charge in [-0.3, -0.25) is 0 Å². The summed E-state index contributed by atoms with van der Waals surface area (Å²) < 4.78 is 5.67. The fraction of sp³-hybridized carbons (Fsp3) is 0.417. The van der Waals surface area contributed by atoms with Crippen LogP contribution >= 0.6 is 0 Å². The van der Waals surface area contributed by atoms with Crippen LogP contribution in [0.15, 0.2) is 10.5 Å². The summed E-state index contributed by atoms with van der Waals surface area (Å²) in [5.74, 6) is 0.830. The van der Waals surface area contributed by atoms with Crippen molar-refractivity contribution >= 4 is 11.1 Å². The van der Waals surface area contributed by atoms with Crippen LogP contribution in [-0.2, 0) is 6.42 Å². The van der Waals surface area contributed by atoms with E-state index in [2.05, 4.69) is 38.7 Å². The van der Waals surface area contributed by atoms with Crippen LogP contribution in [0.2, 0.25) is 0 Å². The number of aryl methyl sites for hydroxylation is 4. The van der Waals surface area contributed by atoms with E-state index in [1.165, 1.54) is 16.7 Å². The quantitative estimate of drug-likeness (QED) is 0.687. The van der Waals surface area contributed by atoms with E-state index in [9.17, 15) is 0 Å². The first-order valence-electron chi connectivity index (χ1n) is 4.99. The van der Waals surface area contributed by atoms with Crippen LogP contribution in [0, 0.1) is 20.8 Å². The fourth-order valence-electron chi connectivity index (χ4n) is 1.72. The van der Waals surface area contributed by atoms with Crippen molar-refractivity contribution in [2.75, 3.05) is 0 Å². The Bertz CT molecular complexity index is 483. The zero-order valence-electron chi connectivity index (χ0n) is 9.14. The minimum atomic E-state index is 0.830. The highest BCUT2D eigenvalue weighted by molar-refractivity contribution is 5.81. The molecule has 0 bridgehead atoms. The van der Waals surface area contributed by atoms with Crippen LogP contribution in [0.5, 0.6) is 0 Å². The number of rotatable bonds is 1. The van der Waals surface area contributed by atoms with E-state index in [1.807, 2.05) is 0 Å². The van der Waals surface area contributed by atoms with Crippen LogP contribution in [0.3, 0.4) is 0 Å². The first-order valence-corrected chi connectivity index (χ1v) is 4.99. The lowest BCUT2D eigenvalue weighted by molar-refractivity contribution is 0.536. The second-order valence-corrected chi connectivity index (χ2v) is 3.77. The maximum atomic E-state index is 5.67.